The van der Waals surface area contributed by atoms with Crippen molar-refractivity contribution in [1.82, 2.24) is 0 Å². The van der Waals surface area contributed by atoms with Crippen molar-refractivity contribution in [3.63, 3.8) is 0 Å². The maximum Gasteiger partial charge on any atom is 0.416 e. The standard InChI is InChI=1S/C9H6F6/c1-8(11,12)6-4-5(9(13,14)15)2-3-7(6)10/h2-4H,1H3. The van der Waals surface area contributed by atoms with Crippen molar-refractivity contribution in [3.8, 4) is 0 Å². The Balaban J connectivity index is 3.30. The number of alkyl halides is 5. The summed E-state index contributed by atoms with van der Waals surface area (Å²) in [5.74, 6) is -4.98. The molecule has 0 aliphatic carbocycles. The molecular weight excluding hydrogens is 222 g/mol. The second kappa shape index (κ2) is 3.43. The first-order valence-electron chi connectivity index (χ1n) is 3.87. The van der Waals surface area contributed by atoms with E-state index in [9.17, 15) is 26.3 Å². The fourth-order valence-electron chi connectivity index (χ4n) is 1.04. The summed E-state index contributed by atoms with van der Waals surface area (Å²) >= 11 is 0. The Kier molecular flexibility index (Phi) is 2.71. The van der Waals surface area contributed by atoms with Gasteiger partial charge in [-0.15, -0.1) is 0 Å². The van der Waals surface area contributed by atoms with Gasteiger partial charge in [-0.2, -0.15) is 13.2 Å². The third-order valence-corrected chi connectivity index (χ3v) is 1.77. The molecule has 84 valence electrons. The zero-order chi connectivity index (χ0) is 11.9. The minimum Gasteiger partial charge on any atom is -0.206 e. The lowest BCUT2D eigenvalue weighted by molar-refractivity contribution is -0.137. The molecule has 1 rings (SSSR count). The molecule has 1 aromatic rings. The van der Waals surface area contributed by atoms with Crippen LogP contribution in [0.25, 0.3) is 0 Å². The van der Waals surface area contributed by atoms with Gasteiger partial charge in [-0.05, 0) is 18.2 Å². The number of hydrogen-bond donors (Lipinski definition) is 0. The van der Waals surface area contributed by atoms with Gasteiger partial charge in [-0.1, -0.05) is 0 Å². The molecular formula is C9H6F6. The highest BCUT2D eigenvalue weighted by Crippen LogP contribution is 2.35. The fraction of sp³-hybridized carbons (Fsp3) is 0.333. The van der Waals surface area contributed by atoms with Gasteiger partial charge in [0.25, 0.3) is 5.92 Å². The third kappa shape index (κ3) is 2.64. The van der Waals surface area contributed by atoms with Crippen LogP contribution in [0.1, 0.15) is 18.1 Å². The van der Waals surface area contributed by atoms with Crippen molar-refractivity contribution in [3.05, 3.63) is 35.1 Å². The van der Waals surface area contributed by atoms with Gasteiger partial charge in [0.2, 0.25) is 0 Å². The van der Waals surface area contributed by atoms with E-state index in [-0.39, 0.29) is 6.07 Å². The van der Waals surface area contributed by atoms with Crippen LogP contribution in [0.2, 0.25) is 0 Å². The van der Waals surface area contributed by atoms with Crippen molar-refractivity contribution in [2.24, 2.45) is 0 Å². The van der Waals surface area contributed by atoms with Crippen LogP contribution in [-0.4, -0.2) is 0 Å². The zero-order valence-electron chi connectivity index (χ0n) is 7.50. The molecule has 0 nitrogen and oxygen atoms in total. The van der Waals surface area contributed by atoms with Crippen LogP contribution in [0, 0.1) is 5.82 Å². The van der Waals surface area contributed by atoms with Crippen LogP contribution in [0.3, 0.4) is 0 Å². The first-order valence-corrected chi connectivity index (χ1v) is 3.87. The topological polar surface area (TPSA) is 0 Å². The van der Waals surface area contributed by atoms with Gasteiger partial charge < -0.3 is 0 Å². The number of rotatable bonds is 1. The molecule has 0 heterocycles. The molecule has 15 heavy (non-hydrogen) atoms. The molecule has 0 atom stereocenters. The Morgan fingerprint density at radius 2 is 1.53 bits per heavy atom. The van der Waals surface area contributed by atoms with Gasteiger partial charge in [0, 0.05) is 6.92 Å². The van der Waals surface area contributed by atoms with Gasteiger partial charge in [0.1, 0.15) is 5.82 Å². The van der Waals surface area contributed by atoms with Crippen LogP contribution in [0.4, 0.5) is 26.3 Å². The maximum atomic E-state index is 12.8. The Morgan fingerprint density at radius 3 is 1.93 bits per heavy atom. The second-order valence-corrected chi connectivity index (χ2v) is 3.08. The summed E-state index contributed by atoms with van der Waals surface area (Å²) in [5, 5.41) is 0. The molecule has 0 aliphatic rings. The highest BCUT2D eigenvalue weighted by atomic mass is 19.4. The van der Waals surface area contributed by atoms with Crippen molar-refractivity contribution in [2.75, 3.05) is 0 Å². The van der Waals surface area contributed by atoms with Crippen LogP contribution in [0.15, 0.2) is 18.2 Å². The molecule has 0 saturated carbocycles. The average Bonchev–Trinajstić information content (AvgIpc) is 2.00. The largest absolute Gasteiger partial charge is 0.416 e. The van der Waals surface area contributed by atoms with Crippen LogP contribution < -0.4 is 0 Å². The predicted octanol–water partition coefficient (Wildman–Crippen LogP) is 3.96. The molecule has 0 fully saturated rings. The monoisotopic (exact) mass is 228 g/mol. The van der Waals surface area contributed by atoms with E-state index < -0.39 is 29.0 Å². The first-order chi connectivity index (χ1) is 6.62. The van der Waals surface area contributed by atoms with E-state index in [1.54, 1.807) is 0 Å². The summed E-state index contributed by atoms with van der Waals surface area (Å²) in [7, 11) is 0. The summed E-state index contributed by atoms with van der Waals surface area (Å²) in [4.78, 5) is 0. The fourth-order valence-corrected chi connectivity index (χ4v) is 1.04. The SMILES string of the molecule is CC(F)(F)c1cc(C(F)(F)F)ccc1F. The summed E-state index contributed by atoms with van der Waals surface area (Å²) in [6.07, 6.45) is -4.76. The number of hydrogen-bond acceptors (Lipinski definition) is 0. The molecule has 0 amide bonds. The van der Waals surface area contributed by atoms with E-state index in [4.69, 9.17) is 0 Å². The van der Waals surface area contributed by atoms with E-state index >= 15 is 0 Å². The molecule has 1 aromatic carbocycles. The highest BCUT2D eigenvalue weighted by Gasteiger charge is 2.35. The Bertz CT molecular complexity index is 360. The minimum absolute atomic E-state index is 0.120. The van der Waals surface area contributed by atoms with Crippen molar-refractivity contribution in [2.45, 2.75) is 19.0 Å². The normalized spacial score (nSPS) is 13.0. The molecule has 0 aliphatic heterocycles. The molecule has 0 radical (unpaired) electrons. The van der Waals surface area contributed by atoms with Crippen LogP contribution >= 0.6 is 0 Å². The minimum atomic E-state index is -4.76. The van der Waals surface area contributed by atoms with Gasteiger partial charge in [-0.25, -0.2) is 13.2 Å². The van der Waals surface area contributed by atoms with Gasteiger partial charge >= 0.3 is 6.18 Å². The Hall–Kier alpha value is -1.20. The Labute approximate surface area is 81.5 Å². The summed E-state index contributed by atoms with van der Waals surface area (Å²) in [5.41, 5.74) is -2.54. The lowest BCUT2D eigenvalue weighted by atomic mass is 10.1. The summed E-state index contributed by atoms with van der Waals surface area (Å²) < 4.78 is 74.5. The van der Waals surface area contributed by atoms with Crippen LogP contribution in [0.5, 0.6) is 0 Å². The number of benzene rings is 1. The lowest BCUT2D eigenvalue weighted by Gasteiger charge is -2.14. The van der Waals surface area contributed by atoms with E-state index in [1.165, 1.54) is 0 Å². The van der Waals surface area contributed by atoms with Crippen LogP contribution in [-0.2, 0) is 12.1 Å². The predicted molar refractivity (Wildman–Crippen MR) is 41.0 cm³/mol. The van der Waals surface area contributed by atoms with Crippen molar-refractivity contribution >= 4 is 0 Å². The Morgan fingerprint density at radius 1 is 1.00 bits per heavy atom. The first kappa shape index (κ1) is 11.9. The number of halogens is 6. The lowest BCUT2D eigenvalue weighted by Crippen LogP contribution is -2.13. The van der Waals surface area contributed by atoms with Crippen molar-refractivity contribution in [1.29, 1.82) is 0 Å². The molecule has 0 aromatic heterocycles. The molecule has 0 saturated heterocycles. The van der Waals surface area contributed by atoms with E-state index in [0.717, 1.165) is 0 Å². The third-order valence-electron chi connectivity index (χ3n) is 1.77. The molecule has 6 heteroatoms. The van der Waals surface area contributed by atoms with Gasteiger partial charge in [0.05, 0.1) is 11.1 Å². The van der Waals surface area contributed by atoms with Crippen molar-refractivity contribution < 1.29 is 26.3 Å². The molecule has 0 unspecified atom stereocenters. The molecule has 0 N–H and O–H groups in total. The van der Waals surface area contributed by atoms with Gasteiger partial charge in [-0.3, -0.25) is 0 Å². The highest BCUT2D eigenvalue weighted by molar-refractivity contribution is 5.29. The average molecular weight is 228 g/mol. The zero-order valence-corrected chi connectivity index (χ0v) is 7.50. The smallest absolute Gasteiger partial charge is 0.206 e. The maximum absolute atomic E-state index is 12.8. The van der Waals surface area contributed by atoms with E-state index in [2.05, 4.69) is 0 Å². The van der Waals surface area contributed by atoms with E-state index in [1.807, 2.05) is 0 Å². The molecule has 0 spiro atoms. The molecule has 0 bridgehead atoms. The van der Waals surface area contributed by atoms with Gasteiger partial charge in [0.15, 0.2) is 0 Å². The summed E-state index contributed by atoms with van der Waals surface area (Å²) in [6.45, 7) is 0.339. The second-order valence-electron chi connectivity index (χ2n) is 3.08. The quantitative estimate of drug-likeness (QED) is 0.638. The van der Waals surface area contributed by atoms with E-state index in [0.29, 0.717) is 19.1 Å². The summed E-state index contributed by atoms with van der Waals surface area (Å²) in [6, 6.07) is 0.926.